The quantitative estimate of drug-likeness (QED) is 0.371. The Morgan fingerprint density at radius 1 is 1.15 bits per heavy atom. The first-order chi connectivity index (χ1) is 12.5. The summed E-state index contributed by atoms with van der Waals surface area (Å²) in [4.78, 5) is 24.0. The number of nitrogens with zero attached hydrogens (tertiary/aromatic N) is 3. The standard InChI is InChI=1S/C17H21N3O5S/c1-5-25-16(22)9-15-18-19-17(20(15)2)26-10-12(21)11-6-7-13(23-3)14(8-11)24-4/h6-8H,5,9-10H2,1-4H3. The van der Waals surface area contributed by atoms with E-state index >= 15 is 0 Å². The second-order valence-electron chi connectivity index (χ2n) is 5.22. The van der Waals surface area contributed by atoms with E-state index in [0.29, 0.717) is 34.7 Å². The van der Waals surface area contributed by atoms with Crippen LogP contribution in [0.15, 0.2) is 23.4 Å². The van der Waals surface area contributed by atoms with Gasteiger partial charge in [-0.1, -0.05) is 11.8 Å². The number of hydrogen-bond donors (Lipinski definition) is 0. The Kier molecular flexibility index (Phi) is 7.02. The average Bonchev–Trinajstić information content (AvgIpc) is 2.99. The highest BCUT2D eigenvalue weighted by molar-refractivity contribution is 7.99. The third-order valence-corrected chi connectivity index (χ3v) is 4.59. The predicted molar refractivity (Wildman–Crippen MR) is 95.9 cm³/mol. The highest BCUT2D eigenvalue weighted by atomic mass is 32.2. The SMILES string of the molecule is CCOC(=O)Cc1nnc(SCC(=O)c2ccc(OC)c(OC)c2)n1C. The summed E-state index contributed by atoms with van der Waals surface area (Å²) in [6.45, 7) is 2.06. The molecule has 26 heavy (non-hydrogen) atoms. The van der Waals surface area contributed by atoms with Crippen molar-refractivity contribution in [2.75, 3.05) is 26.6 Å². The van der Waals surface area contributed by atoms with Crippen LogP contribution in [0.3, 0.4) is 0 Å². The normalized spacial score (nSPS) is 10.5. The fourth-order valence-corrected chi connectivity index (χ4v) is 3.01. The van der Waals surface area contributed by atoms with E-state index in [4.69, 9.17) is 14.2 Å². The van der Waals surface area contributed by atoms with Crippen LogP contribution >= 0.6 is 11.8 Å². The van der Waals surface area contributed by atoms with Gasteiger partial charge in [0.1, 0.15) is 12.2 Å². The number of Topliss-reactive ketones (excluding diaryl/α,β-unsaturated/α-hetero) is 1. The van der Waals surface area contributed by atoms with Crippen molar-refractivity contribution in [3.05, 3.63) is 29.6 Å². The molecule has 0 fully saturated rings. The van der Waals surface area contributed by atoms with E-state index in [1.807, 2.05) is 0 Å². The summed E-state index contributed by atoms with van der Waals surface area (Å²) >= 11 is 1.25. The monoisotopic (exact) mass is 379 g/mol. The summed E-state index contributed by atoms with van der Waals surface area (Å²) in [7, 11) is 4.81. The highest BCUT2D eigenvalue weighted by Gasteiger charge is 2.16. The molecule has 9 heteroatoms. The Labute approximate surface area is 155 Å². The average molecular weight is 379 g/mol. The molecule has 0 saturated heterocycles. The van der Waals surface area contributed by atoms with Gasteiger partial charge >= 0.3 is 5.97 Å². The highest BCUT2D eigenvalue weighted by Crippen LogP contribution is 2.28. The van der Waals surface area contributed by atoms with Crippen LogP contribution in [0.2, 0.25) is 0 Å². The smallest absolute Gasteiger partial charge is 0.313 e. The van der Waals surface area contributed by atoms with Crippen LogP contribution in [-0.2, 0) is 23.0 Å². The Morgan fingerprint density at radius 2 is 1.88 bits per heavy atom. The van der Waals surface area contributed by atoms with Crippen molar-refractivity contribution < 1.29 is 23.8 Å². The summed E-state index contributed by atoms with van der Waals surface area (Å²) in [6.07, 6.45) is 0.0432. The van der Waals surface area contributed by atoms with E-state index in [2.05, 4.69) is 10.2 Å². The summed E-state index contributed by atoms with van der Waals surface area (Å²) in [5.41, 5.74) is 0.518. The lowest BCUT2D eigenvalue weighted by atomic mass is 10.1. The summed E-state index contributed by atoms with van der Waals surface area (Å²) in [5, 5.41) is 8.56. The largest absolute Gasteiger partial charge is 0.493 e. The minimum absolute atomic E-state index is 0.0432. The number of ether oxygens (including phenoxy) is 3. The van der Waals surface area contributed by atoms with Gasteiger partial charge in [0, 0.05) is 12.6 Å². The minimum Gasteiger partial charge on any atom is -0.493 e. The second-order valence-corrected chi connectivity index (χ2v) is 6.16. The van der Waals surface area contributed by atoms with Crippen molar-refractivity contribution in [2.45, 2.75) is 18.5 Å². The molecule has 0 atom stereocenters. The van der Waals surface area contributed by atoms with Gasteiger partial charge in [-0.3, -0.25) is 9.59 Å². The van der Waals surface area contributed by atoms with Gasteiger partial charge in [0.25, 0.3) is 0 Å². The molecule has 0 saturated carbocycles. The molecule has 0 unspecified atom stereocenters. The third-order valence-electron chi connectivity index (χ3n) is 3.57. The van der Waals surface area contributed by atoms with Crippen LogP contribution in [0.25, 0.3) is 0 Å². The molecule has 0 aliphatic carbocycles. The molecule has 1 heterocycles. The number of hydrogen-bond acceptors (Lipinski definition) is 8. The van der Waals surface area contributed by atoms with Gasteiger partial charge in [-0.2, -0.15) is 0 Å². The zero-order valence-electron chi connectivity index (χ0n) is 15.1. The number of methoxy groups -OCH3 is 2. The summed E-state index contributed by atoms with van der Waals surface area (Å²) in [6, 6.07) is 5.02. The first-order valence-corrected chi connectivity index (χ1v) is 8.90. The van der Waals surface area contributed by atoms with Crippen LogP contribution in [-0.4, -0.2) is 53.1 Å². The lowest BCUT2D eigenvalue weighted by Gasteiger charge is -2.09. The zero-order valence-corrected chi connectivity index (χ0v) is 16.0. The van der Waals surface area contributed by atoms with Crippen molar-refractivity contribution in [1.29, 1.82) is 0 Å². The van der Waals surface area contributed by atoms with E-state index < -0.39 is 0 Å². The predicted octanol–water partition coefficient (Wildman–Crippen LogP) is 1.91. The molecule has 0 N–H and O–H groups in total. The van der Waals surface area contributed by atoms with Gasteiger partial charge in [0.05, 0.1) is 26.6 Å². The Balaban J connectivity index is 2.01. The Hall–Kier alpha value is -2.55. The van der Waals surface area contributed by atoms with E-state index in [1.54, 1.807) is 36.7 Å². The third kappa shape index (κ3) is 4.75. The Morgan fingerprint density at radius 3 is 2.54 bits per heavy atom. The molecular weight excluding hydrogens is 358 g/mol. The van der Waals surface area contributed by atoms with Gasteiger partial charge in [0.15, 0.2) is 22.4 Å². The van der Waals surface area contributed by atoms with Gasteiger partial charge in [0.2, 0.25) is 0 Å². The van der Waals surface area contributed by atoms with Crippen LogP contribution in [0, 0.1) is 0 Å². The van der Waals surface area contributed by atoms with E-state index in [1.165, 1.54) is 26.0 Å². The van der Waals surface area contributed by atoms with Crippen molar-refractivity contribution in [3.8, 4) is 11.5 Å². The minimum atomic E-state index is -0.360. The van der Waals surface area contributed by atoms with Crippen LogP contribution in [0.1, 0.15) is 23.1 Å². The molecule has 1 aromatic heterocycles. The number of ketones is 1. The maximum Gasteiger partial charge on any atom is 0.313 e. The zero-order chi connectivity index (χ0) is 19.1. The van der Waals surface area contributed by atoms with Gasteiger partial charge in [-0.15, -0.1) is 10.2 Å². The van der Waals surface area contributed by atoms with Crippen molar-refractivity contribution in [1.82, 2.24) is 14.8 Å². The van der Waals surface area contributed by atoms with Gasteiger partial charge < -0.3 is 18.8 Å². The summed E-state index contributed by atoms with van der Waals surface area (Å²) in [5.74, 6) is 1.30. The molecule has 0 radical (unpaired) electrons. The fraction of sp³-hybridized carbons (Fsp3) is 0.412. The number of carbonyl (C=O) groups excluding carboxylic acids is 2. The molecule has 0 amide bonds. The topological polar surface area (TPSA) is 92.5 Å². The first-order valence-electron chi connectivity index (χ1n) is 7.92. The maximum absolute atomic E-state index is 12.4. The molecule has 140 valence electrons. The van der Waals surface area contributed by atoms with Gasteiger partial charge in [-0.25, -0.2) is 0 Å². The molecule has 8 nitrogen and oxygen atoms in total. The Bertz CT molecular complexity index is 791. The van der Waals surface area contributed by atoms with Gasteiger partial charge in [-0.05, 0) is 25.1 Å². The molecule has 0 spiro atoms. The lowest BCUT2D eigenvalue weighted by Crippen LogP contribution is -2.11. The van der Waals surface area contributed by atoms with Crippen molar-refractivity contribution in [2.24, 2.45) is 7.05 Å². The van der Waals surface area contributed by atoms with E-state index in [-0.39, 0.29) is 23.9 Å². The van der Waals surface area contributed by atoms with Crippen LogP contribution in [0.5, 0.6) is 11.5 Å². The molecule has 0 aliphatic rings. The number of rotatable bonds is 9. The first kappa shape index (κ1) is 19.8. The molecule has 1 aromatic carbocycles. The second kappa shape index (κ2) is 9.23. The summed E-state index contributed by atoms with van der Waals surface area (Å²) < 4.78 is 17.0. The van der Waals surface area contributed by atoms with Crippen LogP contribution in [0.4, 0.5) is 0 Å². The molecule has 0 bridgehead atoms. The van der Waals surface area contributed by atoms with Crippen LogP contribution < -0.4 is 9.47 Å². The van der Waals surface area contributed by atoms with E-state index in [0.717, 1.165) is 0 Å². The fourth-order valence-electron chi connectivity index (χ4n) is 2.19. The number of carbonyl (C=O) groups is 2. The number of thioether (sulfide) groups is 1. The van der Waals surface area contributed by atoms with E-state index in [9.17, 15) is 9.59 Å². The number of benzene rings is 1. The molecule has 2 aromatic rings. The molecule has 2 rings (SSSR count). The molecule has 0 aliphatic heterocycles. The van der Waals surface area contributed by atoms with Crippen molar-refractivity contribution in [3.63, 3.8) is 0 Å². The van der Waals surface area contributed by atoms with Crippen molar-refractivity contribution >= 4 is 23.5 Å². The number of aromatic nitrogens is 3. The lowest BCUT2D eigenvalue weighted by molar-refractivity contribution is -0.142. The number of esters is 1. The molecular formula is C17H21N3O5S. The maximum atomic E-state index is 12.4.